The third kappa shape index (κ3) is 3.89. The number of carbonyl (C=O) groups is 1. The minimum Gasteiger partial charge on any atom is -0.319 e. The van der Waals surface area contributed by atoms with Gasteiger partial charge in [0.25, 0.3) is 5.91 Å². The van der Waals surface area contributed by atoms with Crippen LogP contribution in [-0.4, -0.2) is 20.7 Å². The van der Waals surface area contributed by atoms with Gasteiger partial charge in [0.1, 0.15) is 0 Å². The number of aromatic nitrogens is 3. The summed E-state index contributed by atoms with van der Waals surface area (Å²) in [6, 6.07) is 27.9. The summed E-state index contributed by atoms with van der Waals surface area (Å²) in [4.78, 5) is 17.9. The molecule has 0 saturated carbocycles. The second-order valence-corrected chi connectivity index (χ2v) is 8.24. The zero-order valence-electron chi connectivity index (χ0n) is 18.8. The molecule has 1 amide bonds. The number of anilines is 1. The Morgan fingerprint density at radius 3 is 2.36 bits per heavy atom. The molecule has 0 saturated heterocycles. The van der Waals surface area contributed by atoms with Gasteiger partial charge in [0.05, 0.1) is 5.69 Å². The zero-order valence-corrected chi connectivity index (χ0v) is 18.8. The van der Waals surface area contributed by atoms with Crippen molar-refractivity contribution in [3.8, 4) is 17.1 Å². The lowest BCUT2D eigenvalue weighted by atomic mass is 10.1. The molecule has 5 rings (SSSR count). The van der Waals surface area contributed by atoms with Crippen LogP contribution in [0, 0.1) is 20.8 Å². The molecule has 0 atom stereocenters. The van der Waals surface area contributed by atoms with Gasteiger partial charge in [-0.15, -0.1) is 5.10 Å². The number of rotatable bonds is 4. The van der Waals surface area contributed by atoms with Crippen LogP contribution in [-0.2, 0) is 0 Å². The fraction of sp³-hybridized carbons (Fsp3) is 0.107. The highest BCUT2D eigenvalue weighted by Gasteiger charge is 2.20. The molecule has 0 radical (unpaired) electrons. The summed E-state index contributed by atoms with van der Waals surface area (Å²) in [5.74, 6) is 0.412. The van der Waals surface area contributed by atoms with Gasteiger partial charge in [-0.05, 0) is 49.4 Å². The monoisotopic (exact) mass is 432 g/mol. The van der Waals surface area contributed by atoms with Crippen LogP contribution in [0.15, 0.2) is 84.9 Å². The smallest absolute Gasteiger partial charge is 0.295 e. The van der Waals surface area contributed by atoms with Crippen LogP contribution in [0.25, 0.3) is 27.8 Å². The van der Waals surface area contributed by atoms with Gasteiger partial charge in [0.2, 0.25) is 5.82 Å². The number of nitrogens with one attached hydrogen (secondary N) is 1. The summed E-state index contributed by atoms with van der Waals surface area (Å²) in [7, 11) is 0. The molecule has 0 aliphatic heterocycles. The van der Waals surface area contributed by atoms with Crippen molar-refractivity contribution in [3.05, 3.63) is 107 Å². The SMILES string of the molecule is Cc1ccc(-c2nc(C(=O)Nc3cccc4ccccc34)nn2-c2cccc(C)c2C)cc1. The molecule has 5 heteroatoms. The van der Waals surface area contributed by atoms with Gasteiger partial charge in [-0.3, -0.25) is 4.79 Å². The summed E-state index contributed by atoms with van der Waals surface area (Å²) in [6.45, 7) is 6.17. The average molecular weight is 433 g/mol. The van der Waals surface area contributed by atoms with Crippen molar-refractivity contribution in [2.45, 2.75) is 20.8 Å². The Hall–Kier alpha value is -4.25. The zero-order chi connectivity index (χ0) is 22.9. The minimum absolute atomic E-state index is 0.124. The number of amides is 1. The number of benzene rings is 4. The lowest BCUT2D eigenvalue weighted by Crippen LogP contribution is -2.14. The molecule has 0 unspecified atom stereocenters. The molecule has 1 heterocycles. The molecule has 0 spiro atoms. The van der Waals surface area contributed by atoms with E-state index in [0.717, 1.165) is 44.4 Å². The molecule has 4 aromatic carbocycles. The van der Waals surface area contributed by atoms with E-state index < -0.39 is 0 Å². The first-order chi connectivity index (χ1) is 16.0. The van der Waals surface area contributed by atoms with Crippen molar-refractivity contribution >= 4 is 22.4 Å². The first-order valence-corrected chi connectivity index (χ1v) is 10.9. The molecular formula is C28H24N4O. The third-order valence-corrected chi connectivity index (χ3v) is 5.96. The van der Waals surface area contributed by atoms with Crippen LogP contribution in [0.2, 0.25) is 0 Å². The van der Waals surface area contributed by atoms with E-state index in [9.17, 15) is 4.79 Å². The largest absolute Gasteiger partial charge is 0.319 e. The molecule has 0 aliphatic carbocycles. The van der Waals surface area contributed by atoms with Crippen LogP contribution < -0.4 is 5.32 Å². The summed E-state index contributed by atoms with van der Waals surface area (Å²) < 4.78 is 1.77. The van der Waals surface area contributed by atoms with E-state index in [2.05, 4.69) is 35.3 Å². The Morgan fingerprint density at radius 2 is 1.55 bits per heavy atom. The molecular weight excluding hydrogens is 408 g/mol. The Labute approximate surface area is 192 Å². The van der Waals surface area contributed by atoms with Crippen LogP contribution in [0.3, 0.4) is 0 Å². The van der Waals surface area contributed by atoms with Crippen molar-refractivity contribution in [1.29, 1.82) is 0 Å². The summed E-state index contributed by atoms with van der Waals surface area (Å²) in [5.41, 5.74) is 5.94. The number of fused-ring (bicyclic) bond motifs is 1. The third-order valence-electron chi connectivity index (χ3n) is 5.96. The maximum atomic E-state index is 13.2. The Morgan fingerprint density at radius 1 is 0.818 bits per heavy atom. The van der Waals surface area contributed by atoms with Crippen molar-refractivity contribution in [3.63, 3.8) is 0 Å². The number of nitrogens with zero attached hydrogens (tertiary/aromatic N) is 3. The first kappa shape index (κ1) is 20.6. The topological polar surface area (TPSA) is 59.8 Å². The predicted molar refractivity (Wildman–Crippen MR) is 133 cm³/mol. The predicted octanol–water partition coefficient (Wildman–Crippen LogP) is 6.27. The van der Waals surface area contributed by atoms with E-state index in [1.54, 1.807) is 4.68 Å². The van der Waals surface area contributed by atoms with E-state index in [1.165, 1.54) is 0 Å². The standard InChI is InChI=1S/C28H24N4O/c1-18-14-16-22(17-15-18)27-30-26(31-32(27)25-13-6-8-19(2)20(25)3)28(33)29-24-12-7-10-21-9-4-5-11-23(21)24/h4-17H,1-3H3,(H,29,33). The van der Waals surface area contributed by atoms with Crippen LogP contribution in [0.5, 0.6) is 0 Å². The molecule has 5 aromatic rings. The molecule has 1 N–H and O–H groups in total. The van der Waals surface area contributed by atoms with Gasteiger partial charge in [-0.2, -0.15) is 0 Å². The highest BCUT2D eigenvalue weighted by Crippen LogP contribution is 2.26. The van der Waals surface area contributed by atoms with Gasteiger partial charge in [-0.25, -0.2) is 9.67 Å². The lowest BCUT2D eigenvalue weighted by Gasteiger charge is -2.11. The van der Waals surface area contributed by atoms with Crippen molar-refractivity contribution in [2.24, 2.45) is 0 Å². The normalized spacial score (nSPS) is 11.0. The van der Waals surface area contributed by atoms with Crippen molar-refractivity contribution < 1.29 is 4.79 Å². The van der Waals surface area contributed by atoms with Gasteiger partial charge < -0.3 is 5.32 Å². The number of hydrogen-bond acceptors (Lipinski definition) is 3. The molecule has 33 heavy (non-hydrogen) atoms. The van der Waals surface area contributed by atoms with Gasteiger partial charge >= 0.3 is 0 Å². The highest BCUT2D eigenvalue weighted by atomic mass is 16.2. The quantitative estimate of drug-likeness (QED) is 0.364. The second-order valence-electron chi connectivity index (χ2n) is 8.24. The minimum atomic E-state index is -0.344. The molecule has 0 bridgehead atoms. The summed E-state index contributed by atoms with van der Waals surface area (Å²) in [6.07, 6.45) is 0. The fourth-order valence-electron chi connectivity index (χ4n) is 3.94. The number of carbonyl (C=O) groups excluding carboxylic acids is 1. The lowest BCUT2D eigenvalue weighted by molar-refractivity contribution is 0.101. The van der Waals surface area contributed by atoms with E-state index in [1.807, 2.05) is 85.8 Å². The van der Waals surface area contributed by atoms with E-state index in [4.69, 9.17) is 0 Å². The van der Waals surface area contributed by atoms with Gasteiger partial charge in [0, 0.05) is 16.6 Å². The van der Waals surface area contributed by atoms with Crippen molar-refractivity contribution in [2.75, 3.05) is 5.32 Å². The van der Waals surface area contributed by atoms with Gasteiger partial charge in [-0.1, -0.05) is 78.4 Å². The number of hydrogen-bond donors (Lipinski definition) is 1. The van der Waals surface area contributed by atoms with Gasteiger partial charge in [0.15, 0.2) is 5.82 Å². The summed E-state index contributed by atoms with van der Waals surface area (Å²) in [5, 5.41) is 9.69. The van der Waals surface area contributed by atoms with Crippen LogP contribution in [0.4, 0.5) is 5.69 Å². The first-order valence-electron chi connectivity index (χ1n) is 10.9. The highest BCUT2D eigenvalue weighted by molar-refractivity contribution is 6.07. The maximum absolute atomic E-state index is 13.2. The van der Waals surface area contributed by atoms with E-state index in [-0.39, 0.29) is 11.7 Å². The maximum Gasteiger partial charge on any atom is 0.295 e. The van der Waals surface area contributed by atoms with E-state index in [0.29, 0.717) is 5.82 Å². The molecule has 162 valence electrons. The number of aryl methyl sites for hydroxylation is 2. The average Bonchev–Trinajstić information content (AvgIpc) is 3.27. The second kappa shape index (κ2) is 8.36. The van der Waals surface area contributed by atoms with Crippen LogP contribution in [0.1, 0.15) is 27.3 Å². The molecule has 0 fully saturated rings. The molecule has 0 aliphatic rings. The van der Waals surface area contributed by atoms with Crippen LogP contribution >= 0.6 is 0 Å². The van der Waals surface area contributed by atoms with E-state index >= 15 is 0 Å². The van der Waals surface area contributed by atoms with Crippen molar-refractivity contribution in [1.82, 2.24) is 14.8 Å². The fourth-order valence-corrected chi connectivity index (χ4v) is 3.94. The Bertz CT molecular complexity index is 1480. The summed E-state index contributed by atoms with van der Waals surface area (Å²) >= 11 is 0. The molecule has 5 nitrogen and oxygen atoms in total. The Balaban J connectivity index is 1.60. The Kier molecular flexibility index (Phi) is 5.23. The molecule has 1 aromatic heterocycles.